The van der Waals surface area contributed by atoms with E-state index in [0.717, 1.165) is 27.7 Å². The summed E-state index contributed by atoms with van der Waals surface area (Å²) in [5.41, 5.74) is 3.80. The zero-order chi connectivity index (χ0) is 31.1. The number of benzene rings is 3. The van der Waals surface area contributed by atoms with E-state index < -0.39 is 24.3 Å². The van der Waals surface area contributed by atoms with E-state index in [1.165, 1.54) is 7.11 Å². The second-order valence-electron chi connectivity index (χ2n) is 10.2. The van der Waals surface area contributed by atoms with Gasteiger partial charge in [0, 0.05) is 53.3 Å². The van der Waals surface area contributed by atoms with E-state index >= 15 is 0 Å². The Hall–Kier alpha value is -3.96. The molecule has 2 amide bonds. The Morgan fingerprint density at radius 2 is 1.73 bits per heavy atom. The molecule has 12 heteroatoms. The molecule has 232 valence electrons. The number of hydrogen-bond donors (Lipinski definition) is 3. The lowest BCUT2D eigenvalue weighted by molar-refractivity contribution is 0.0910. The first-order valence-corrected chi connectivity index (χ1v) is 14.9. The highest BCUT2D eigenvalue weighted by Crippen LogP contribution is 2.40. The Balaban J connectivity index is 1.28. The van der Waals surface area contributed by atoms with Crippen LogP contribution in [0, 0.1) is 0 Å². The van der Waals surface area contributed by atoms with Crippen LogP contribution in [0.1, 0.15) is 29.3 Å². The summed E-state index contributed by atoms with van der Waals surface area (Å²) < 4.78 is 21.3. The zero-order valence-electron chi connectivity index (χ0n) is 24.1. The molecule has 1 aliphatic heterocycles. The van der Waals surface area contributed by atoms with Crippen LogP contribution in [0.4, 0.5) is 9.59 Å². The molecule has 0 saturated heterocycles. The molecule has 3 aromatic carbocycles. The number of aromatic nitrogens is 1. The predicted octanol–water partition coefficient (Wildman–Crippen LogP) is 6.12. The number of methoxy groups -OCH3 is 1. The Labute approximate surface area is 264 Å². The number of H-pyrrole nitrogens is 1. The molecule has 5 rings (SSSR count). The molecule has 4 aromatic rings. The van der Waals surface area contributed by atoms with Gasteiger partial charge in [-0.25, -0.2) is 9.59 Å². The van der Waals surface area contributed by atoms with Crippen LogP contribution in [-0.4, -0.2) is 73.3 Å². The number of aliphatic hydroxyl groups excluding tert-OH is 1. The third kappa shape index (κ3) is 7.75. The third-order valence-corrected chi connectivity index (χ3v) is 7.75. The fourth-order valence-corrected chi connectivity index (χ4v) is 5.40. The van der Waals surface area contributed by atoms with Gasteiger partial charge in [-0.3, -0.25) is 4.90 Å². The number of halogens is 2. The van der Waals surface area contributed by atoms with Gasteiger partial charge in [0.05, 0.1) is 19.3 Å². The molecule has 0 aliphatic carbocycles. The van der Waals surface area contributed by atoms with Gasteiger partial charge in [-0.05, 0) is 72.1 Å². The summed E-state index contributed by atoms with van der Waals surface area (Å²) >= 11 is 12.3. The summed E-state index contributed by atoms with van der Waals surface area (Å²) in [5.74, 6) is 0.999. The smallest absolute Gasteiger partial charge is 0.416 e. The lowest BCUT2D eigenvalue weighted by atomic mass is 9.92. The molecule has 0 bridgehead atoms. The number of nitrogens with one attached hydrogen (secondary N) is 2. The quantitative estimate of drug-likeness (QED) is 0.169. The lowest BCUT2D eigenvalue weighted by Gasteiger charge is -2.35. The number of aromatic amines is 1. The molecule has 0 spiro atoms. The topological polar surface area (TPSA) is 122 Å². The van der Waals surface area contributed by atoms with Gasteiger partial charge in [-0.15, -0.1) is 0 Å². The molecule has 44 heavy (non-hydrogen) atoms. The van der Waals surface area contributed by atoms with Crippen molar-refractivity contribution in [2.75, 3.05) is 40.0 Å². The summed E-state index contributed by atoms with van der Waals surface area (Å²) in [6, 6.07) is 19.4. The van der Waals surface area contributed by atoms with Gasteiger partial charge >= 0.3 is 12.2 Å². The molecule has 1 aliphatic rings. The first-order chi connectivity index (χ1) is 21.3. The van der Waals surface area contributed by atoms with E-state index in [1.54, 1.807) is 29.2 Å². The first-order valence-electron chi connectivity index (χ1n) is 14.2. The predicted molar refractivity (Wildman–Crippen MR) is 167 cm³/mol. The standard InChI is InChI=1S/C32H33Cl2N3O7/c1-41-16-17-43-31(39)35-19-23(38)13-15-42-24-7-2-20(3-8-24)30-29-26(27-18-22(34)6-11-28(27)36-29)12-14-37(30)32(40)44-25-9-4-21(33)5-10-25/h2-11,18,23,30,36,38H,12-17,19H2,1H3,(H,35,39)/t23?,30-/m0/s1. The summed E-state index contributed by atoms with van der Waals surface area (Å²) in [4.78, 5) is 30.3. The first kappa shape index (κ1) is 31.5. The van der Waals surface area contributed by atoms with Crippen molar-refractivity contribution in [3.63, 3.8) is 0 Å². The molecule has 10 nitrogen and oxygen atoms in total. The Morgan fingerprint density at radius 3 is 2.48 bits per heavy atom. The van der Waals surface area contributed by atoms with Gasteiger partial charge < -0.3 is 34.4 Å². The number of ether oxygens (including phenoxy) is 4. The van der Waals surface area contributed by atoms with Gasteiger partial charge in [0.1, 0.15) is 24.1 Å². The minimum absolute atomic E-state index is 0.0375. The minimum Gasteiger partial charge on any atom is -0.493 e. The number of aliphatic hydroxyl groups is 1. The molecular weight excluding hydrogens is 609 g/mol. The van der Waals surface area contributed by atoms with Crippen molar-refractivity contribution in [1.29, 1.82) is 0 Å². The van der Waals surface area contributed by atoms with Crippen LogP contribution in [-0.2, 0) is 15.9 Å². The maximum Gasteiger partial charge on any atom is 0.416 e. The average molecular weight is 643 g/mol. The van der Waals surface area contributed by atoms with E-state index in [9.17, 15) is 14.7 Å². The highest BCUT2D eigenvalue weighted by atomic mass is 35.5. The van der Waals surface area contributed by atoms with Crippen LogP contribution in [0.3, 0.4) is 0 Å². The highest BCUT2D eigenvalue weighted by molar-refractivity contribution is 6.31. The fourth-order valence-electron chi connectivity index (χ4n) is 5.10. The number of carbonyl (C=O) groups is 2. The number of carbonyl (C=O) groups excluding carboxylic acids is 2. The van der Waals surface area contributed by atoms with Crippen molar-refractivity contribution in [3.05, 3.63) is 93.6 Å². The van der Waals surface area contributed by atoms with Gasteiger partial charge in [0.15, 0.2) is 0 Å². The van der Waals surface area contributed by atoms with Crippen LogP contribution < -0.4 is 14.8 Å². The van der Waals surface area contributed by atoms with Crippen molar-refractivity contribution >= 4 is 46.3 Å². The SMILES string of the molecule is COCCOC(=O)NCC(O)CCOc1ccc([C@H]2c3[nH]c4ccc(Cl)cc4c3CCN2C(=O)Oc2ccc(Cl)cc2)cc1. The van der Waals surface area contributed by atoms with Gasteiger partial charge in [0.25, 0.3) is 0 Å². The van der Waals surface area contributed by atoms with Crippen molar-refractivity contribution in [2.24, 2.45) is 0 Å². The largest absolute Gasteiger partial charge is 0.493 e. The van der Waals surface area contributed by atoms with E-state index in [1.807, 2.05) is 42.5 Å². The van der Waals surface area contributed by atoms with Crippen LogP contribution in [0.15, 0.2) is 66.7 Å². The number of nitrogens with zero attached hydrogens (tertiary/aromatic N) is 1. The average Bonchev–Trinajstić information content (AvgIpc) is 3.39. The number of amides is 2. The molecule has 0 fully saturated rings. The second kappa shape index (κ2) is 14.7. The lowest BCUT2D eigenvalue weighted by Crippen LogP contribution is -2.42. The monoisotopic (exact) mass is 641 g/mol. The van der Waals surface area contributed by atoms with Crippen molar-refractivity contribution in [3.8, 4) is 11.5 Å². The van der Waals surface area contributed by atoms with E-state index in [0.29, 0.717) is 47.5 Å². The number of alkyl carbamates (subject to hydrolysis) is 1. The zero-order valence-corrected chi connectivity index (χ0v) is 25.6. The van der Waals surface area contributed by atoms with Crippen molar-refractivity contribution < 1.29 is 33.6 Å². The van der Waals surface area contributed by atoms with E-state index in [-0.39, 0.29) is 19.8 Å². The van der Waals surface area contributed by atoms with E-state index in [2.05, 4.69) is 10.3 Å². The van der Waals surface area contributed by atoms with Crippen molar-refractivity contribution in [2.45, 2.75) is 25.0 Å². The fraction of sp³-hybridized carbons (Fsp3) is 0.312. The third-order valence-electron chi connectivity index (χ3n) is 7.26. The minimum atomic E-state index is -0.805. The van der Waals surface area contributed by atoms with Crippen LogP contribution in [0.2, 0.25) is 10.0 Å². The molecule has 3 N–H and O–H groups in total. The Kier molecular flexibility index (Phi) is 10.5. The summed E-state index contributed by atoms with van der Waals surface area (Å²) in [5, 5.41) is 14.9. The molecular formula is C32H33Cl2N3O7. The van der Waals surface area contributed by atoms with Gasteiger partial charge in [-0.1, -0.05) is 35.3 Å². The molecule has 2 atom stereocenters. The summed E-state index contributed by atoms with van der Waals surface area (Å²) in [6.45, 7) is 1.14. The van der Waals surface area contributed by atoms with Gasteiger partial charge in [-0.2, -0.15) is 0 Å². The molecule has 0 radical (unpaired) electrons. The Morgan fingerprint density at radius 1 is 1.00 bits per heavy atom. The van der Waals surface area contributed by atoms with Gasteiger partial charge in [0.2, 0.25) is 0 Å². The maximum atomic E-state index is 13.5. The van der Waals surface area contributed by atoms with Crippen LogP contribution in [0.25, 0.3) is 10.9 Å². The highest BCUT2D eigenvalue weighted by Gasteiger charge is 2.35. The number of hydrogen-bond acceptors (Lipinski definition) is 7. The molecule has 2 heterocycles. The molecule has 0 saturated carbocycles. The number of fused-ring (bicyclic) bond motifs is 3. The van der Waals surface area contributed by atoms with Crippen molar-refractivity contribution in [1.82, 2.24) is 15.2 Å². The summed E-state index contributed by atoms with van der Waals surface area (Å²) in [6.07, 6.45) is -0.974. The van der Waals surface area contributed by atoms with Crippen LogP contribution >= 0.6 is 23.2 Å². The normalized spacial score (nSPS) is 15.0. The maximum absolute atomic E-state index is 13.5. The molecule has 1 aromatic heterocycles. The van der Waals surface area contributed by atoms with E-state index in [4.69, 9.17) is 42.1 Å². The second-order valence-corrected chi connectivity index (χ2v) is 11.1. The Bertz CT molecular complexity index is 1580. The number of rotatable bonds is 11. The summed E-state index contributed by atoms with van der Waals surface area (Å²) in [7, 11) is 1.51. The van der Waals surface area contributed by atoms with Crippen LogP contribution in [0.5, 0.6) is 11.5 Å². The molecule has 1 unspecified atom stereocenters.